The highest BCUT2D eigenvalue weighted by Gasteiger charge is 2.07. The quantitative estimate of drug-likeness (QED) is 0.529. The summed E-state index contributed by atoms with van der Waals surface area (Å²) in [6.45, 7) is 6.43. The topological polar surface area (TPSA) is 30.5 Å². The molecule has 1 aromatic carbocycles. The lowest BCUT2D eigenvalue weighted by atomic mass is 10.2. The first-order chi connectivity index (χ1) is 9.67. The van der Waals surface area contributed by atoms with E-state index in [1.165, 1.54) is 6.07 Å². The van der Waals surface area contributed by atoms with Gasteiger partial charge in [0, 0.05) is 19.8 Å². The SMILES string of the molecule is CCOC(CCCNCc1ccc(F)c(F)c1)OCC. The Bertz CT molecular complexity index is 382. The van der Waals surface area contributed by atoms with Crippen molar-refractivity contribution >= 4 is 0 Å². The van der Waals surface area contributed by atoms with Gasteiger partial charge in [-0.3, -0.25) is 0 Å². The van der Waals surface area contributed by atoms with Crippen molar-refractivity contribution in [3.8, 4) is 0 Å². The largest absolute Gasteiger partial charge is 0.353 e. The maximum atomic E-state index is 13.0. The average molecular weight is 287 g/mol. The zero-order chi connectivity index (χ0) is 14.8. The second-order valence-corrected chi connectivity index (χ2v) is 4.41. The highest BCUT2D eigenvalue weighted by molar-refractivity contribution is 5.17. The minimum absolute atomic E-state index is 0.157. The standard InChI is InChI=1S/C15H23F2NO2/c1-3-19-15(20-4-2)6-5-9-18-11-12-7-8-13(16)14(17)10-12/h7-8,10,15,18H,3-6,9,11H2,1-2H3. The number of benzene rings is 1. The summed E-state index contributed by atoms with van der Waals surface area (Å²) in [6.07, 6.45) is 1.55. The molecule has 1 rings (SSSR count). The summed E-state index contributed by atoms with van der Waals surface area (Å²) in [4.78, 5) is 0. The van der Waals surface area contributed by atoms with Gasteiger partial charge in [0.05, 0.1) is 0 Å². The van der Waals surface area contributed by atoms with Crippen molar-refractivity contribution in [1.82, 2.24) is 5.32 Å². The molecule has 0 spiro atoms. The second-order valence-electron chi connectivity index (χ2n) is 4.41. The van der Waals surface area contributed by atoms with E-state index in [4.69, 9.17) is 9.47 Å². The minimum Gasteiger partial charge on any atom is -0.353 e. The van der Waals surface area contributed by atoms with Crippen molar-refractivity contribution in [2.45, 2.75) is 39.5 Å². The molecule has 0 aliphatic carbocycles. The fraction of sp³-hybridized carbons (Fsp3) is 0.600. The van der Waals surface area contributed by atoms with Crippen molar-refractivity contribution in [1.29, 1.82) is 0 Å². The fourth-order valence-electron chi connectivity index (χ4n) is 1.86. The monoisotopic (exact) mass is 287 g/mol. The molecule has 0 radical (unpaired) electrons. The van der Waals surface area contributed by atoms with Gasteiger partial charge in [-0.2, -0.15) is 0 Å². The Hall–Kier alpha value is -1.04. The van der Waals surface area contributed by atoms with E-state index in [9.17, 15) is 8.78 Å². The van der Waals surface area contributed by atoms with Gasteiger partial charge in [0.15, 0.2) is 17.9 Å². The molecule has 0 fully saturated rings. The lowest BCUT2D eigenvalue weighted by Gasteiger charge is -2.16. The summed E-state index contributed by atoms with van der Waals surface area (Å²) in [5.74, 6) is -1.62. The molecular formula is C15H23F2NO2. The molecule has 0 heterocycles. The highest BCUT2D eigenvalue weighted by atomic mass is 19.2. The molecule has 0 unspecified atom stereocenters. The van der Waals surface area contributed by atoms with Crippen LogP contribution in [0.2, 0.25) is 0 Å². The first-order valence-electron chi connectivity index (χ1n) is 7.05. The predicted octanol–water partition coefficient (Wildman–Crippen LogP) is 3.23. The van der Waals surface area contributed by atoms with Crippen LogP contribution < -0.4 is 5.32 Å². The van der Waals surface area contributed by atoms with Gasteiger partial charge in [-0.25, -0.2) is 8.78 Å². The van der Waals surface area contributed by atoms with E-state index < -0.39 is 11.6 Å². The van der Waals surface area contributed by atoms with Crippen LogP contribution in [0.15, 0.2) is 18.2 Å². The molecule has 114 valence electrons. The van der Waals surface area contributed by atoms with E-state index in [1.807, 2.05) is 13.8 Å². The summed E-state index contributed by atoms with van der Waals surface area (Å²) in [5.41, 5.74) is 0.732. The number of ether oxygens (including phenoxy) is 2. The molecular weight excluding hydrogens is 264 g/mol. The number of rotatable bonds is 10. The Labute approximate surface area is 119 Å². The summed E-state index contributed by atoms with van der Waals surface area (Å²) < 4.78 is 36.6. The molecule has 0 aliphatic rings. The van der Waals surface area contributed by atoms with Gasteiger partial charge in [-0.1, -0.05) is 6.07 Å². The summed E-state index contributed by atoms with van der Waals surface area (Å²) >= 11 is 0. The lowest BCUT2D eigenvalue weighted by molar-refractivity contribution is -0.139. The first-order valence-corrected chi connectivity index (χ1v) is 7.05. The third kappa shape index (κ3) is 6.41. The van der Waals surface area contributed by atoms with Gasteiger partial charge in [0.25, 0.3) is 0 Å². The number of halogens is 2. The van der Waals surface area contributed by atoms with E-state index in [2.05, 4.69) is 5.32 Å². The first kappa shape index (κ1) is 17.0. The zero-order valence-electron chi connectivity index (χ0n) is 12.1. The van der Waals surface area contributed by atoms with E-state index in [0.29, 0.717) is 19.8 Å². The third-order valence-corrected chi connectivity index (χ3v) is 2.81. The third-order valence-electron chi connectivity index (χ3n) is 2.81. The van der Waals surface area contributed by atoms with E-state index in [-0.39, 0.29) is 6.29 Å². The molecule has 0 aliphatic heterocycles. The number of nitrogens with one attached hydrogen (secondary N) is 1. The molecule has 0 amide bonds. The van der Waals surface area contributed by atoms with Gasteiger partial charge in [-0.15, -0.1) is 0 Å². The van der Waals surface area contributed by atoms with Crippen LogP contribution in [0.1, 0.15) is 32.3 Å². The Morgan fingerprint density at radius 1 is 1.10 bits per heavy atom. The van der Waals surface area contributed by atoms with Gasteiger partial charge < -0.3 is 14.8 Å². The molecule has 5 heteroatoms. The van der Waals surface area contributed by atoms with Crippen LogP contribution >= 0.6 is 0 Å². The van der Waals surface area contributed by atoms with Gasteiger partial charge in [0.1, 0.15) is 0 Å². The smallest absolute Gasteiger partial charge is 0.159 e. The summed E-state index contributed by atoms with van der Waals surface area (Å²) in [5, 5.41) is 3.19. The number of hydrogen-bond acceptors (Lipinski definition) is 3. The van der Waals surface area contributed by atoms with Crippen molar-refractivity contribution in [2.75, 3.05) is 19.8 Å². The molecule has 0 saturated carbocycles. The van der Waals surface area contributed by atoms with Crippen LogP contribution in [-0.4, -0.2) is 26.0 Å². The van der Waals surface area contributed by atoms with Crippen LogP contribution in [0.4, 0.5) is 8.78 Å². The van der Waals surface area contributed by atoms with E-state index in [1.54, 1.807) is 6.07 Å². The Morgan fingerprint density at radius 2 is 1.80 bits per heavy atom. The van der Waals surface area contributed by atoms with Crippen LogP contribution in [0.25, 0.3) is 0 Å². The van der Waals surface area contributed by atoms with Crippen molar-refractivity contribution in [3.63, 3.8) is 0 Å². The van der Waals surface area contributed by atoms with E-state index in [0.717, 1.165) is 31.0 Å². The molecule has 1 aromatic rings. The average Bonchev–Trinajstić information content (AvgIpc) is 2.43. The normalized spacial score (nSPS) is 11.2. The molecule has 0 saturated heterocycles. The van der Waals surface area contributed by atoms with Gasteiger partial charge >= 0.3 is 0 Å². The van der Waals surface area contributed by atoms with Crippen molar-refractivity contribution in [3.05, 3.63) is 35.4 Å². The fourth-order valence-corrected chi connectivity index (χ4v) is 1.86. The second kappa shape index (κ2) is 9.80. The zero-order valence-corrected chi connectivity index (χ0v) is 12.1. The Morgan fingerprint density at radius 3 is 2.40 bits per heavy atom. The van der Waals surface area contributed by atoms with Crippen LogP contribution in [0.5, 0.6) is 0 Å². The Balaban J connectivity index is 2.19. The van der Waals surface area contributed by atoms with Crippen LogP contribution in [0.3, 0.4) is 0 Å². The molecule has 0 bridgehead atoms. The van der Waals surface area contributed by atoms with Crippen molar-refractivity contribution in [2.24, 2.45) is 0 Å². The van der Waals surface area contributed by atoms with Crippen LogP contribution in [0, 0.1) is 11.6 Å². The summed E-state index contributed by atoms with van der Waals surface area (Å²) in [7, 11) is 0. The molecule has 0 atom stereocenters. The Kier molecular flexibility index (Phi) is 8.34. The lowest BCUT2D eigenvalue weighted by Crippen LogP contribution is -2.21. The van der Waals surface area contributed by atoms with Gasteiger partial charge in [-0.05, 0) is 50.9 Å². The molecule has 0 aromatic heterocycles. The summed E-state index contributed by atoms with van der Waals surface area (Å²) in [6, 6.07) is 3.94. The van der Waals surface area contributed by atoms with E-state index >= 15 is 0 Å². The highest BCUT2D eigenvalue weighted by Crippen LogP contribution is 2.08. The van der Waals surface area contributed by atoms with Crippen LogP contribution in [-0.2, 0) is 16.0 Å². The maximum Gasteiger partial charge on any atom is 0.159 e. The van der Waals surface area contributed by atoms with Crippen molar-refractivity contribution < 1.29 is 18.3 Å². The van der Waals surface area contributed by atoms with Gasteiger partial charge in [0.2, 0.25) is 0 Å². The molecule has 20 heavy (non-hydrogen) atoms. The molecule has 3 nitrogen and oxygen atoms in total. The minimum atomic E-state index is -0.815. The number of hydrogen-bond donors (Lipinski definition) is 1. The predicted molar refractivity (Wildman–Crippen MR) is 74.3 cm³/mol. The maximum absolute atomic E-state index is 13.0. The molecule has 1 N–H and O–H groups in total.